The number of hydrogen-bond donors (Lipinski definition) is 3. The summed E-state index contributed by atoms with van der Waals surface area (Å²) in [6.07, 6.45) is 0. The Morgan fingerprint density at radius 3 is 0.700 bits per heavy atom. The lowest BCUT2D eigenvalue weighted by atomic mass is 10.9. The fourth-order valence-corrected chi connectivity index (χ4v) is 0. The lowest BCUT2D eigenvalue weighted by molar-refractivity contribution is 0.318. The smallest absolute Gasteiger partial charge is 0.0402 e. The Bertz CT molecular complexity index is 17.7. The first-order valence-electron chi connectivity index (χ1n) is 3.07. The van der Waals surface area contributed by atoms with Gasteiger partial charge in [0.05, 0.1) is 0 Å². The fraction of sp³-hybridized carbons (Fsp3) is 1.00. The average Bonchev–Trinajstić information content (AvgIpc) is 1.70. The summed E-state index contributed by atoms with van der Waals surface area (Å²) >= 11 is 0. The molecule has 0 aromatic heterocycles. The molecule has 0 fully saturated rings. The maximum atomic E-state index is 7.57. The van der Waals surface area contributed by atoms with Gasteiger partial charge in [0.25, 0.3) is 0 Å². The SMILES string of the molecule is CCO.CCO.CCO.[SiH4]. The Labute approximate surface area is 67.7 Å². The molecule has 0 aromatic carbocycles. The van der Waals surface area contributed by atoms with Gasteiger partial charge in [0.1, 0.15) is 0 Å². The molecule has 4 heteroatoms. The van der Waals surface area contributed by atoms with Crippen molar-refractivity contribution < 1.29 is 15.3 Å². The predicted octanol–water partition coefficient (Wildman–Crippen LogP) is -1.46. The van der Waals surface area contributed by atoms with Crippen LogP contribution in [0.5, 0.6) is 0 Å². The lowest BCUT2D eigenvalue weighted by Gasteiger charge is -1.52. The number of aliphatic hydroxyl groups is 3. The average molecular weight is 170 g/mol. The van der Waals surface area contributed by atoms with E-state index >= 15 is 0 Å². The van der Waals surface area contributed by atoms with Crippen molar-refractivity contribution in [3.63, 3.8) is 0 Å². The monoisotopic (exact) mass is 170 g/mol. The molecule has 0 aromatic rings. The van der Waals surface area contributed by atoms with E-state index in [4.69, 9.17) is 15.3 Å². The van der Waals surface area contributed by atoms with Gasteiger partial charge >= 0.3 is 0 Å². The van der Waals surface area contributed by atoms with Gasteiger partial charge in [-0.1, -0.05) is 0 Å². The highest BCUT2D eigenvalue weighted by Crippen LogP contribution is 1.30. The molecule has 0 aliphatic rings. The van der Waals surface area contributed by atoms with Gasteiger partial charge in [0.15, 0.2) is 0 Å². The summed E-state index contributed by atoms with van der Waals surface area (Å²) in [6, 6.07) is 0. The van der Waals surface area contributed by atoms with Crippen molar-refractivity contribution in [3.05, 3.63) is 0 Å². The minimum absolute atomic E-state index is 0. The van der Waals surface area contributed by atoms with Gasteiger partial charge < -0.3 is 15.3 Å². The molecule has 0 aliphatic carbocycles. The standard InChI is InChI=1S/3C2H6O.H4Si/c3*1-2-3;/h3*3H,2H2,1H3;1H4. The van der Waals surface area contributed by atoms with Crippen molar-refractivity contribution >= 4 is 11.0 Å². The molecule has 3 N–H and O–H groups in total. The Hall–Kier alpha value is 0.0969. The molecule has 0 atom stereocenters. The molecule has 0 amide bonds. The third kappa shape index (κ3) is 43400. The summed E-state index contributed by atoms with van der Waals surface area (Å²) in [5, 5.41) is 22.7. The van der Waals surface area contributed by atoms with Crippen LogP contribution in [0.25, 0.3) is 0 Å². The number of aliphatic hydroxyl groups excluding tert-OH is 3. The fourth-order valence-electron chi connectivity index (χ4n) is 0. The molecule has 0 bridgehead atoms. The van der Waals surface area contributed by atoms with Crippen LogP contribution in [0.3, 0.4) is 0 Å². The number of rotatable bonds is 0. The summed E-state index contributed by atoms with van der Waals surface area (Å²) in [6.45, 7) is 5.79. The highest BCUT2D eigenvalue weighted by molar-refractivity contribution is 5.75. The first-order chi connectivity index (χ1) is 4.24. The zero-order valence-corrected chi connectivity index (χ0v) is 6.46. The first kappa shape index (κ1) is 22.5. The van der Waals surface area contributed by atoms with Gasteiger partial charge in [-0.25, -0.2) is 0 Å². The van der Waals surface area contributed by atoms with Crippen LogP contribution in [0.15, 0.2) is 0 Å². The van der Waals surface area contributed by atoms with E-state index in [1.807, 2.05) is 0 Å². The van der Waals surface area contributed by atoms with Crippen molar-refractivity contribution in [2.24, 2.45) is 0 Å². The van der Waals surface area contributed by atoms with Crippen LogP contribution in [0.4, 0.5) is 0 Å². The van der Waals surface area contributed by atoms with E-state index in [0.717, 1.165) is 0 Å². The second kappa shape index (κ2) is 62.2. The van der Waals surface area contributed by atoms with E-state index in [2.05, 4.69) is 0 Å². The minimum Gasteiger partial charge on any atom is -0.397 e. The highest BCUT2D eigenvalue weighted by Gasteiger charge is 1.35. The summed E-state index contributed by atoms with van der Waals surface area (Å²) in [5.74, 6) is 0. The van der Waals surface area contributed by atoms with E-state index in [1.54, 1.807) is 20.8 Å². The van der Waals surface area contributed by atoms with Crippen LogP contribution in [0.1, 0.15) is 20.8 Å². The number of hydrogen-bond acceptors (Lipinski definition) is 3. The third-order valence-electron chi connectivity index (χ3n) is 0. The zero-order valence-electron chi connectivity index (χ0n) is 6.46. The summed E-state index contributed by atoms with van der Waals surface area (Å²) in [5.41, 5.74) is 0. The van der Waals surface area contributed by atoms with Crippen LogP contribution in [0, 0.1) is 0 Å². The van der Waals surface area contributed by atoms with Crippen molar-refractivity contribution in [1.29, 1.82) is 0 Å². The maximum absolute atomic E-state index is 7.57. The van der Waals surface area contributed by atoms with Crippen LogP contribution in [0.2, 0.25) is 0 Å². The van der Waals surface area contributed by atoms with Gasteiger partial charge in [-0.15, -0.1) is 0 Å². The summed E-state index contributed by atoms with van der Waals surface area (Å²) < 4.78 is 0. The second-order valence-corrected chi connectivity index (χ2v) is 0.949. The Morgan fingerprint density at radius 1 is 0.700 bits per heavy atom. The topological polar surface area (TPSA) is 60.7 Å². The van der Waals surface area contributed by atoms with Crippen LogP contribution < -0.4 is 0 Å². The molecule has 3 nitrogen and oxygen atoms in total. The van der Waals surface area contributed by atoms with Gasteiger partial charge in [-0.3, -0.25) is 0 Å². The van der Waals surface area contributed by atoms with E-state index < -0.39 is 0 Å². The van der Waals surface area contributed by atoms with Crippen LogP contribution in [-0.2, 0) is 0 Å². The van der Waals surface area contributed by atoms with E-state index in [9.17, 15) is 0 Å². The molecule has 0 aliphatic heterocycles. The Balaban J connectivity index is -0.0000000257. The van der Waals surface area contributed by atoms with Gasteiger partial charge in [0.2, 0.25) is 0 Å². The van der Waals surface area contributed by atoms with Gasteiger partial charge in [-0.2, -0.15) is 0 Å². The zero-order chi connectivity index (χ0) is 8.12. The molecule has 68 valence electrons. The van der Waals surface area contributed by atoms with Crippen molar-refractivity contribution in [1.82, 2.24) is 0 Å². The van der Waals surface area contributed by atoms with Gasteiger partial charge in [-0.05, 0) is 31.7 Å². The minimum atomic E-state index is 0. The van der Waals surface area contributed by atoms with E-state index in [1.165, 1.54) is 0 Å². The normalized spacial score (nSPS) is 5.40. The van der Waals surface area contributed by atoms with Crippen molar-refractivity contribution in [3.8, 4) is 0 Å². The lowest BCUT2D eigenvalue weighted by Crippen LogP contribution is -1.57. The second-order valence-electron chi connectivity index (χ2n) is 0.949. The predicted molar refractivity (Wildman–Crippen MR) is 49.6 cm³/mol. The van der Waals surface area contributed by atoms with Crippen molar-refractivity contribution in [2.45, 2.75) is 20.8 Å². The van der Waals surface area contributed by atoms with Crippen LogP contribution in [-0.4, -0.2) is 46.1 Å². The van der Waals surface area contributed by atoms with E-state index in [-0.39, 0.29) is 30.8 Å². The first-order valence-corrected chi connectivity index (χ1v) is 3.07. The van der Waals surface area contributed by atoms with Crippen LogP contribution >= 0.6 is 0 Å². The largest absolute Gasteiger partial charge is 0.397 e. The molecule has 0 saturated heterocycles. The summed E-state index contributed by atoms with van der Waals surface area (Å²) in [4.78, 5) is 0. The molecular weight excluding hydrogens is 148 g/mol. The molecule has 0 unspecified atom stereocenters. The molecule has 10 heavy (non-hydrogen) atoms. The quantitative estimate of drug-likeness (QED) is 0.390. The maximum Gasteiger partial charge on any atom is 0.0402 e. The Morgan fingerprint density at radius 2 is 0.700 bits per heavy atom. The van der Waals surface area contributed by atoms with Crippen molar-refractivity contribution in [2.75, 3.05) is 19.8 Å². The summed E-state index contributed by atoms with van der Waals surface area (Å²) in [7, 11) is 0. The van der Waals surface area contributed by atoms with E-state index in [0.29, 0.717) is 0 Å². The molecule has 0 saturated carbocycles. The molecule has 0 radical (unpaired) electrons. The third-order valence-corrected chi connectivity index (χ3v) is 0. The molecule has 0 heterocycles. The molecule has 0 spiro atoms. The molecular formula is C6H22O3Si. The molecule has 0 rings (SSSR count). The highest BCUT2D eigenvalue weighted by atomic mass is 28.1. The Kier molecular flexibility index (Phi) is 140. The van der Waals surface area contributed by atoms with Gasteiger partial charge in [0, 0.05) is 19.8 Å².